The predicted molar refractivity (Wildman–Crippen MR) is 83.9 cm³/mol. The Kier molecular flexibility index (Phi) is 5.26. The summed E-state index contributed by atoms with van der Waals surface area (Å²) in [5, 5.41) is 15.6. The summed E-state index contributed by atoms with van der Waals surface area (Å²) >= 11 is 6.38. The standard InChI is InChI=1S/C16H21ClN2O2/c1-4-13-16(17)14(19(5-2)18-13)10-15(20)11-7-6-8-12(9-11)21-3/h6-9,15,20H,4-5,10H2,1-3H3. The zero-order chi connectivity index (χ0) is 15.4. The number of nitrogens with zero attached hydrogens (tertiary/aromatic N) is 2. The molecule has 0 fully saturated rings. The lowest BCUT2D eigenvalue weighted by molar-refractivity contribution is 0.175. The molecular formula is C16H21ClN2O2. The number of aliphatic hydroxyl groups excluding tert-OH is 1. The molecule has 114 valence electrons. The van der Waals surface area contributed by atoms with Crippen molar-refractivity contribution >= 4 is 11.6 Å². The van der Waals surface area contributed by atoms with E-state index in [-0.39, 0.29) is 0 Å². The van der Waals surface area contributed by atoms with Crippen LogP contribution in [0.1, 0.15) is 36.9 Å². The van der Waals surface area contributed by atoms with Crippen LogP contribution in [0.3, 0.4) is 0 Å². The maximum atomic E-state index is 10.5. The van der Waals surface area contributed by atoms with Gasteiger partial charge in [-0.1, -0.05) is 30.7 Å². The van der Waals surface area contributed by atoms with Crippen molar-refractivity contribution in [3.05, 3.63) is 46.2 Å². The molecule has 4 nitrogen and oxygen atoms in total. The average Bonchev–Trinajstić information content (AvgIpc) is 2.83. The molecule has 0 radical (unpaired) electrons. The minimum absolute atomic E-state index is 0.437. The van der Waals surface area contributed by atoms with Gasteiger partial charge < -0.3 is 9.84 Å². The largest absolute Gasteiger partial charge is 0.497 e. The smallest absolute Gasteiger partial charge is 0.119 e. The summed E-state index contributed by atoms with van der Waals surface area (Å²) < 4.78 is 7.06. The van der Waals surface area contributed by atoms with Crippen LogP contribution in [0.15, 0.2) is 24.3 Å². The molecular weight excluding hydrogens is 288 g/mol. The number of benzene rings is 1. The molecule has 1 atom stereocenters. The Balaban J connectivity index is 2.26. The third kappa shape index (κ3) is 3.39. The fourth-order valence-electron chi connectivity index (χ4n) is 2.36. The minimum atomic E-state index is -0.635. The summed E-state index contributed by atoms with van der Waals surface area (Å²) in [7, 11) is 1.61. The number of aryl methyl sites for hydroxylation is 2. The van der Waals surface area contributed by atoms with Gasteiger partial charge in [0.1, 0.15) is 5.75 Å². The van der Waals surface area contributed by atoms with E-state index in [1.807, 2.05) is 42.8 Å². The summed E-state index contributed by atoms with van der Waals surface area (Å²) in [4.78, 5) is 0. The third-order valence-corrected chi connectivity index (χ3v) is 4.00. The highest BCUT2D eigenvalue weighted by Crippen LogP contribution is 2.28. The molecule has 2 rings (SSSR count). The van der Waals surface area contributed by atoms with Gasteiger partial charge in [0.25, 0.3) is 0 Å². The van der Waals surface area contributed by atoms with E-state index in [1.54, 1.807) is 7.11 Å². The second-order valence-corrected chi connectivity index (χ2v) is 5.25. The van der Waals surface area contributed by atoms with Gasteiger partial charge in [-0.3, -0.25) is 4.68 Å². The molecule has 0 spiro atoms. The second-order valence-electron chi connectivity index (χ2n) is 4.87. The van der Waals surface area contributed by atoms with Gasteiger partial charge in [0.15, 0.2) is 0 Å². The molecule has 0 saturated heterocycles. The Bertz CT molecular complexity index is 610. The molecule has 21 heavy (non-hydrogen) atoms. The van der Waals surface area contributed by atoms with E-state index in [1.165, 1.54) is 0 Å². The van der Waals surface area contributed by atoms with Gasteiger partial charge in [0, 0.05) is 13.0 Å². The molecule has 5 heteroatoms. The highest BCUT2D eigenvalue weighted by Gasteiger charge is 2.18. The average molecular weight is 309 g/mol. The van der Waals surface area contributed by atoms with Gasteiger partial charge in [-0.05, 0) is 31.0 Å². The number of aromatic nitrogens is 2. The third-order valence-electron chi connectivity index (χ3n) is 3.56. The number of halogens is 1. The number of aliphatic hydroxyl groups is 1. The van der Waals surface area contributed by atoms with E-state index in [0.717, 1.165) is 35.7 Å². The number of methoxy groups -OCH3 is 1. The molecule has 1 heterocycles. The van der Waals surface area contributed by atoms with Crippen LogP contribution in [-0.4, -0.2) is 22.0 Å². The molecule has 0 aliphatic heterocycles. The molecule has 2 aromatic rings. The van der Waals surface area contributed by atoms with Crippen LogP contribution < -0.4 is 4.74 Å². The quantitative estimate of drug-likeness (QED) is 0.889. The Morgan fingerprint density at radius 2 is 2.14 bits per heavy atom. The van der Waals surface area contributed by atoms with Gasteiger partial charge >= 0.3 is 0 Å². The van der Waals surface area contributed by atoms with E-state index < -0.39 is 6.10 Å². The molecule has 0 bridgehead atoms. The molecule has 0 aliphatic rings. The zero-order valence-corrected chi connectivity index (χ0v) is 13.4. The van der Waals surface area contributed by atoms with Crippen molar-refractivity contribution < 1.29 is 9.84 Å². The van der Waals surface area contributed by atoms with Crippen molar-refractivity contribution in [1.29, 1.82) is 0 Å². The van der Waals surface area contributed by atoms with E-state index in [4.69, 9.17) is 16.3 Å². The molecule has 1 aromatic heterocycles. The monoisotopic (exact) mass is 308 g/mol. The van der Waals surface area contributed by atoms with Gasteiger partial charge in [-0.15, -0.1) is 0 Å². The first-order valence-electron chi connectivity index (χ1n) is 7.16. The zero-order valence-electron chi connectivity index (χ0n) is 12.6. The van der Waals surface area contributed by atoms with E-state index >= 15 is 0 Å². The van der Waals surface area contributed by atoms with Crippen LogP contribution in [0.2, 0.25) is 5.02 Å². The number of hydrogen-bond donors (Lipinski definition) is 1. The molecule has 1 unspecified atom stereocenters. The lowest BCUT2D eigenvalue weighted by Gasteiger charge is -2.13. The highest BCUT2D eigenvalue weighted by atomic mass is 35.5. The van der Waals surface area contributed by atoms with Crippen molar-refractivity contribution in [3.63, 3.8) is 0 Å². The summed E-state index contributed by atoms with van der Waals surface area (Å²) in [5.74, 6) is 0.732. The summed E-state index contributed by atoms with van der Waals surface area (Å²) in [6, 6.07) is 7.45. The van der Waals surface area contributed by atoms with Crippen LogP contribution >= 0.6 is 11.6 Å². The lowest BCUT2D eigenvalue weighted by Crippen LogP contribution is -2.09. The topological polar surface area (TPSA) is 47.3 Å². The lowest BCUT2D eigenvalue weighted by atomic mass is 10.0. The van der Waals surface area contributed by atoms with E-state index in [9.17, 15) is 5.11 Å². The minimum Gasteiger partial charge on any atom is -0.497 e. The van der Waals surface area contributed by atoms with Crippen LogP contribution in [0.4, 0.5) is 0 Å². The Labute approximate surface area is 130 Å². The maximum Gasteiger partial charge on any atom is 0.119 e. The van der Waals surface area contributed by atoms with Crippen LogP contribution in [0, 0.1) is 0 Å². The Morgan fingerprint density at radius 3 is 2.76 bits per heavy atom. The molecule has 1 aromatic carbocycles. The number of ether oxygens (including phenoxy) is 1. The highest BCUT2D eigenvalue weighted by molar-refractivity contribution is 6.31. The number of rotatable bonds is 6. The van der Waals surface area contributed by atoms with Crippen LogP contribution in [-0.2, 0) is 19.4 Å². The van der Waals surface area contributed by atoms with Crippen molar-refractivity contribution in [1.82, 2.24) is 9.78 Å². The molecule has 1 N–H and O–H groups in total. The normalized spacial score (nSPS) is 12.4. The second kappa shape index (κ2) is 6.96. The number of hydrogen-bond acceptors (Lipinski definition) is 3. The van der Waals surface area contributed by atoms with E-state index in [0.29, 0.717) is 11.4 Å². The van der Waals surface area contributed by atoms with Crippen molar-refractivity contribution in [2.45, 2.75) is 39.3 Å². The van der Waals surface area contributed by atoms with Crippen molar-refractivity contribution in [3.8, 4) is 5.75 Å². The maximum absolute atomic E-state index is 10.5. The summed E-state index contributed by atoms with van der Waals surface area (Å²) in [5.41, 5.74) is 2.57. The first kappa shape index (κ1) is 15.9. The van der Waals surface area contributed by atoms with Gasteiger partial charge in [0.05, 0.1) is 29.6 Å². The van der Waals surface area contributed by atoms with Crippen LogP contribution in [0.5, 0.6) is 5.75 Å². The first-order chi connectivity index (χ1) is 10.1. The van der Waals surface area contributed by atoms with Gasteiger partial charge in [-0.2, -0.15) is 5.10 Å². The van der Waals surface area contributed by atoms with Crippen molar-refractivity contribution in [2.24, 2.45) is 0 Å². The van der Waals surface area contributed by atoms with Crippen molar-refractivity contribution in [2.75, 3.05) is 7.11 Å². The summed E-state index contributed by atoms with van der Waals surface area (Å²) in [6.45, 7) is 4.78. The molecule has 0 saturated carbocycles. The molecule has 0 amide bonds. The predicted octanol–water partition coefficient (Wildman–Crippen LogP) is 3.40. The van der Waals surface area contributed by atoms with E-state index in [2.05, 4.69) is 5.10 Å². The van der Waals surface area contributed by atoms with Gasteiger partial charge in [0.2, 0.25) is 0 Å². The first-order valence-corrected chi connectivity index (χ1v) is 7.54. The summed E-state index contributed by atoms with van der Waals surface area (Å²) in [6.07, 6.45) is 0.588. The Hall–Kier alpha value is -1.52. The fraction of sp³-hybridized carbons (Fsp3) is 0.438. The Morgan fingerprint density at radius 1 is 1.38 bits per heavy atom. The van der Waals surface area contributed by atoms with Crippen LogP contribution in [0.25, 0.3) is 0 Å². The van der Waals surface area contributed by atoms with Gasteiger partial charge in [-0.25, -0.2) is 0 Å². The fourth-order valence-corrected chi connectivity index (χ4v) is 2.71. The molecule has 0 aliphatic carbocycles. The SMILES string of the molecule is CCc1nn(CC)c(CC(O)c2cccc(OC)c2)c1Cl.